The molecule has 0 amide bonds. The molecule has 0 heterocycles. The Balaban J connectivity index is 4.01. The van der Waals surface area contributed by atoms with Crippen molar-refractivity contribution >= 4 is 17.7 Å². The maximum absolute atomic E-state index is 12.8. The van der Waals surface area contributed by atoms with Gasteiger partial charge in [0.05, 0.1) is 0 Å². The lowest BCUT2D eigenvalue weighted by Gasteiger charge is -2.26. The molecule has 0 aliphatic heterocycles. The first-order chi connectivity index (χ1) is 21.9. The fourth-order valence-corrected chi connectivity index (χ4v) is 5.55. The number of carbonyl (C=O) groups excluding carboxylic acids is 2. The maximum Gasteiger partial charge on any atom is 0.358 e. The first-order valence-electron chi connectivity index (χ1n) is 18.8. The Labute approximate surface area is 276 Å². The molecule has 0 spiro atoms. The van der Waals surface area contributed by atoms with Crippen LogP contribution in [0.1, 0.15) is 194 Å². The molecule has 1 atom stereocenters. The van der Waals surface area contributed by atoms with Crippen LogP contribution in [-0.2, 0) is 19.1 Å². The third kappa shape index (κ3) is 24.9. The molecular weight excluding hydrogens is 564 g/mol. The van der Waals surface area contributed by atoms with E-state index in [2.05, 4.69) is 38.2 Å². The van der Waals surface area contributed by atoms with Crippen LogP contribution in [0, 0.1) is 0 Å². The predicted octanol–water partition coefficient (Wildman–Crippen LogP) is 11.0. The molecular formula is C39H70O6. The molecule has 0 rings (SSSR count). The van der Waals surface area contributed by atoms with E-state index in [-0.39, 0.29) is 12.8 Å². The number of aliphatic carboxylic acids is 1. The Kier molecular flexibility index (Phi) is 30.6. The van der Waals surface area contributed by atoms with Crippen molar-refractivity contribution in [2.75, 3.05) is 6.61 Å². The number of carboxylic acid groups (broad SMARTS) is 1. The highest BCUT2D eigenvalue weighted by molar-refractivity contribution is 6.08. The van der Waals surface area contributed by atoms with Crippen molar-refractivity contribution in [3.63, 3.8) is 0 Å². The number of aliphatic hydroxyl groups is 1. The van der Waals surface area contributed by atoms with E-state index < -0.39 is 29.9 Å². The summed E-state index contributed by atoms with van der Waals surface area (Å²) < 4.78 is 5.15. The van der Waals surface area contributed by atoms with Gasteiger partial charge in [0, 0.05) is 12.8 Å². The van der Waals surface area contributed by atoms with Crippen LogP contribution in [0.3, 0.4) is 0 Å². The van der Waals surface area contributed by atoms with Crippen LogP contribution in [0.4, 0.5) is 0 Å². The van der Waals surface area contributed by atoms with Crippen molar-refractivity contribution < 1.29 is 29.3 Å². The van der Waals surface area contributed by atoms with Gasteiger partial charge in [-0.05, 0) is 64.2 Å². The SMILES string of the molecule is CCCCCCCCC=CCCCCCCCC(=O)OC(CO)(C(=O)O)C(=O)CCCCCCCC=CCCCCCCCC. The van der Waals surface area contributed by atoms with E-state index in [1.54, 1.807) is 0 Å². The van der Waals surface area contributed by atoms with E-state index in [0.717, 1.165) is 70.6 Å². The van der Waals surface area contributed by atoms with Gasteiger partial charge < -0.3 is 14.9 Å². The lowest BCUT2D eigenvalue weighted by Crippen LogP contribution is -2.53. The number of allylic oxidation sites excluding steroid dienone is 4. The summed E-state index contributed by atoms with van der Waals surface area (Å²) in [6, 6.07) is 0. The summed E-state index contributed by atoms with van der Waals surface area (Å²) in [6.45, 7) is 3.44. The third-order valence-corrected chi connectivity index (χ3v) is 8.61. The van der Waals surface area contributed by atoms with Gasteiger partial charge in [-0.3, -0.25) is 9.59 Å². The van der Waals surface area contributed by atoms with Gasteiger partial charge in [-0.15, -0.1) is 0 Å². The van der Waals surface area contributed by atoms with Gasteiger partial charge >= 0.3 is 11.9 Å². The largest absolute Gasteiger partial charge is 0.478 e. The second-order valence-electron chi connectivity index (χ2n) is 12.9. The zero-order chi connectivity index (χ0) is 33.3. The van der Waals surface area contributed by atoms with E-state index in [1.165, 1.54) is 83.5 Å². The summed E-state index contributed by atoms with van der Waals surface area (Å²) in [4.78, 5) is 37.1. The van der Waals surface area contributed by atoms with Crippen LogP contribution >= 0.6 is 0 Å². The zero-order valence-corrected chi connectivity index (χ0v) is 29.3. The van der Waals surface area contributed by atoms with E-state index in [4.69, 9.17) is 4.74 Å². The molecule has 0 aromatic carbocycles. The highest BCUT2D eigenvalue weighted by atomic mass is 16.6. The first kappa shape index (κ1) is 43.0. The Hall–Kier alpha value is -1.95. The molecule has 262 valence electrons. The number of hydrogen-bond acceptors (Lipinski definition) is 5. The third-order valence-electron chi connectivity index (χ3n) is 8.61. The van der Waals surface area contributed by atoms with Gasteiger partial charge in [0.15, 0.2) is 5.78 Å². The second-order valence-corrected chi connectivity index (χ2v) is 12.9. The molecule has 2 N–H and O–H groups in total. The first-order valence-corrected chi connectivity index (χ1v) is 18.8. The molecule has 45 heavy (non-hydrogen) atoms. The smallest absolute Gasteiger partial charge is 0.358 e. The van der Waals surface area contributed by atoms with Gasteiger partial charge in [0.2, 0.25) is 0 Å². The van der Waals surface area contributed by atoms with E-state index in [9.17, 15) is 24.6 Å². The Bertz CT molecular complexity index is 773. The number of hydrogen-bond donors (Lipinski definition) is 2. The van der Waals surface area contributed by atoms with E-state index >= 15 is 0 Å². The monoisotopic (exact) mass is 635 g/mol. The molecule has 0 aromatic rings. The number of aliphatic hydroxyl groups excluding tert-OH is 1. The van der Waals surface area contributed by atoms with Gasteiger partial charge in [-0.1, -0.05) is 141 Å². The molecule has 0 saturated heterocycles. The topological polar surface area (TPSA) is 101 Å². The lowest BCUT2D eigenvalue weighted by molar-refractivity contribution is -0.187. The number of ketones is 1. The minimum absolute atomic E-state index is 0.0221. The molecule has 0 aliphatic rings. The van der Waals surface area contributed by atoms with Gasteiger partial charge in [0.1, 0.15) is 6.61 Å². The normalized spacial score (nSPS) is 13.0. The number of unbranched alkanes of at least 4 members (excludes halogenated alkanes) is 22. The molecule has 0 aromatic heterocycles. The summed E-state index contributed by atoms with van der Waals surface area (Å²) in [6.07, 6.45) is 38.6. The molecule has 6 nitrogen and oxygen atoms in total. The predicted molar refractivity (Wildman–Crippen MR) is 187 cm³/mol. The minimum atomic E-state index is -2.49. The van der Waals surface area contributed by atoms with Crippen molar-refractivity contribution in [1.29, 1.82) is 0 Å². The number of esters is 1. The molecule has 6 heteroatoms. The highest BCUT2D eigenvalue weighted by Gasteiger charge is 2.49. The summed E-state index contributed by atoms with van der Waals surface area (Å²) in [5.74, 6) is -3.06. The average molecular weight is 635 g/mol. The number of ether oxygens (including phenoxy) is 1. The molecule has 0 fully saturated rings. The Morgan fingerprint density at radius 1 is 0.511 bits per heavy atom. The molecule has 0 bridgehead atoms. The van der Waals surface area contributed by atoms with Crippen LogP contribution in [0.5, 0.6) is 0 Å². The number of carbonyl (C=O) groups is 3. The molecule has 0 radical (unpaired) electrons. The fourth-order valence-electron chi connectivity index (χ4n) is 5.55. The van der Waals surface area contributed by atoms with Crippen molar-refractivity contribution in [2.45, 2.75) is 199 Å². The van der Waals surface area contributed by atoms with Gasteiger partial charge in [-0.2, -0.15) is 0 Å². The fraction of sp³-hybridized carbons (Fsp3) is 0.821. The molecule has 0 aliphatic carbocycles. The minimum Gasteiger partial charge on any atom is -0.478 e. The Morgan fingerprint density at radius 2 is 0.844 bits per heavy atom. The van der Waals surface area contributed by atoms with Crippen LogP contribution in [0.15, 0.2) is 24.3 Å². The summed E-state index contributed by atoms with van der Waals surface area (Å²) in [7, 11) is 0. The molecule has 1 unspecified atom stereocenters. The van der Waals surface area contributed by atoms with E-state index in [1.807, 2.05) is 0 Å². The van der Waals surface area contributed by atoms with Crippen molar-refractivity contribution in [3.8, 4) is 0 Å². The van der Waals surface area contributed by atoms with Crippen LogP contribution in [-0.4, -0.2) is 40.1 Å². The number of rotatable bonds is 34. The van der Waals surface area contributed by atoms with Crippen LogP contribution < -0.4 is 0 Å². The van der Waals surface area contributed by atoms with Crippen molar-refractivity contribution in [2.24, 2.45) is 0 Å². The maximum atomic E-state index is 12.8. The summed E-state index contributed by atoms with van der Waals surface area (Å²) >= 11 is 0. The average Bonchev–Trinajstić information content (AvgIpc) is 3.03. The van der Waals surface area contributed by atoms with E-state index in [0.29, 0.717) is 12.8 Å². The summed E-state index contributed by atoms with van der Waals surface area (Å²) in [5.41, 5.74) is -2.49. The van der Waals surface area contributed by atoms with Gasteiger partial charge in [-0.25, -0.2) is 4.79 Å². The van der Waals surface area contributed by atoms with Crippen LogP contribution in [0.2, 0.25) is 0 Å². The summed E-state index contributed by atoms with van der Waals surface area (Å²) in [5, 5.41) is 19.5. The quantitative estimate of drug-likeness (QED) is 0.0316. The number of Topliss-reactive ketones (excluding diaryl/α,β-unsaturated/α-hetero) is 1. The second kappa shape index (κ2) is 32.0. The van der Waals surface area contributed by atoms with Gasteiger partial charge in [0.25, 0.3) is 5.60 Å². The van der Waals surface area contributed by atoms with Crippen molar-refractivity contribution in [1.82, 2.24) is 0 Å². The standard InChI is InChI=1S/C39H70O6/c1-3-5-7-9-11-13-15-17-19-21-23-25-27-29-31-33-36(41)39(35-40,38(43)44)45-37(42)34-32-30-28-26-24-22-20-18-16-14-12-10-8-6-4-2/h17-20,40H,3-16,21-35H2,1-2H3,(H,43,44). The lowest BCUT2D eigenvalue weighted by atomic mass is 9.94. The highest BCUT2D eigenvalue weighted by Crippen LogP contribution is 2.20. The molecule has 0 saturated carbocycles. The van der Waals surface area contributed by atoms with Crippen LogP contribution in [0.25, 0.3) is 0 Å². The van der Waals surface area contributed by atoms with Crippen molar-refractivity contribution in [3.05, 3.63) is 24.3 Å². The number of carboxylic acids is 1. The Morgan fingerprint density at radius 3 is 1.20 bits per heavy atom. The zero-order valence-electron chi connectivity index (χ0n) is 29.3.